The summed E-state index contributed by atoms with van der Waals surface area (Å²) >= 11 is 0. The van der Waals surface area contributed by atoms with E-state index in [4.69, 9.17) is 9.52 Å². The Morgan fingerprint density at radius 3 is 2.80 bits per heavy atom. The van der Waals surface area contributed by atoms with Crippen molar-refractivity contribution in [2.75, 3.05) is 13.1 Å². The number of piperidine rings is 1. The van der Waals surface area contributed by atoms with Crippen LogP contribution in [0.4, 0.5) is 0 Å². The normalized spacial score (nSPS) is 17.5. The Hall–Kier alpha value is -2.63. The molecule has 0 bridgehead atoms. The van der Waals surface area contributed by atoms with Crippen LogP contribution in [0.5, 0.6) is 0 Å². The van der Waals surface area contributed by atoms with Crippen molar-refractivity contribution in [1.82, 2.24) is 9.88 Å². The van der Waals surface area contributed by atoms with Gasteiger partial charge in [-0.3, -0.25) is 9.59 Å². The highest BCUT2D eigenvalue weighted by atomic mass is 16.4. The number of nitrogens with zero attached hydrogens (tertiary/aromatic N) is 2. The maximum Gasteiger partial charge on any atom is 0.308 e. The van der Waals surface area contributed by atoms with Crippen molar-refractivity contribution in [3.8, 4) is 11.3 Å². The monoisotopic (exact) mass is 342 g/mol. The van der Waals surface area contributed by atoms with E-state index < -0.39 is 11.9 Å². The predicted molar refractivity (Wildman–Crippen MR) is 91.9 cm³/mol. The minimum Gasteiger partial charge on any atom is -0.481 e. The summed E-state index contributed by atoms with van der Waals surface area (Å²) in [5, 5.41) is 9.11. The molecular formula is C19H22N2O4. The molecule has 6 nitrogen and oxygen atoms in total. The molecule has 1 amide bonds. The number of hydrogen-bond acceptors (Lipinski definition) is 4. The average Bonchev–Trinajstić information content (AvgIpc) is 3.09. The smallest absolute Gasteiger partial charge is 0.308 e. The lowest BCUT2D eigenvalue weighted by Gasteiger charge is -2.30. The number of carboxylic acids is 1. The Morgan fingerprint density at radius 1 is 1.32 bits per heavy atom. The zero-order chi connectivity index (χ0) is 17.8. The number of oxazole rings is 1. The lowest BCUT2D eigenvalue weighted by Crippen LogP contribution is -2.42. The molecule has 1 aromatic heterocycles. The van der Waals surface area contributed by atoms with E-state index in [0.29, 0.717) is 37.6 Å². The third kappa shape index (κ3) is 4.26. The second-order valence-corrected chi connectivity index (χ2v) is 6.50. The van der Waals surface area contributed by atoms with Gasteiger partial charge in [0, 0.05) is 31.5 Å². The van der Waals surface area contributed by atoms with E-state index in [1.807, 2.05) is 31.2 Å². The fourth-order valence-electron chi connectivity index (χ4n) is 3.05. The van der Waals surface area contributed by atoms with Gasteiger partial charge in [-0.15, -0.1) is 0 Å². The fraction of sp³-hybridized carbons (Fsp3) is 0.421. The first kappa shape index (κ1) is 17.2. The van der Waals surface area contributed by atoms with Crippen LogP contribution in [0, 0.1) is 12.8 Å². The number of aromatic nitrogens is 1. The lowest BCUT2D eigenvalue weighted by atomic mass is 9.98. The minimum absolute atomic E-state index is 0.0407. The summed E-state index contributed by atoms with van der Waals surface area (Å²) in [6, 6.07) is 7.97. The number of carbonyl (C=O) groups is 2. The number of benzene rings is 1. The van der Waals surface area contributed by atoms with Crippen LogP contribution in [0.1, 0.15) is 30.7 Å². The molecule has 1 atom stereocenters. The number of likely N-dealkylation sites (tertiary alicyclic amines) is 1. The maximum atomic E-state index is 12.3. The molecule has 2 heterocycles. The molecule has 132 valence electrons. The van der Waals surface area contributed by atoms with Crippen LogP contribution >= 0.6 is 0 Å². The van der Waals surface area contributed by atoms with Crippen molar-refractivity contribution in [2.24, 2.45) is 5.92 Å². The van der Waals surface area contributed by atoms with Crippen molar-refractivity contribution < 1.29 is 19.1 Å². The zero-order valence-corrected chi connectivity index (χ0v) is 14.3. The van der Waals surface area contributed by atoms with Crippen molar-refractivity contribution >= 4 is 11.9 Å². The number of aliphatic carboxylic acids is 1. The van der Waals surface area contributed by atoms with E-state index in [1.54, 1.807) is 11.1 Å². The molecular weight excluding hydrogens is 320 g/mol. The Morgan fingerprint density at radius 2 is 2.08 bits per heavy atom. The van der Waals surface area contributed by atoms with Gasteiger partial charge in [-0.25, -0.2) is 4.98 Å². The number of rotatable bonds is 5. The molecule has 6 heteroatoms. The standard InChI is InChI=1S/C19H22N2O4/c1-13-4-6-14(7-5-13)16-11-20-17(25-16)8-9-18(22)21-10-2-3-15(12-21)19(23)24/h4-7,11,15H,2-3,8-10,12H2,1H3,(H,23,24)/t15-/m1/s1. The van der Waals surface area contributed by atoms with Crippen LogP contribution in [0.3, 0.4) is 0 Å². The van der Waals surface area contributed by atoms with Crippen LogP contribution in [-0.4, -0.2) is 40.0 Å². The van der Waals surface area contributed by atoms with Gasteiger partial charge in [0.1, 0.15) is 0 Å². The van der Waals surface area contributed by atoms with Gasteiger partial charge in [0.05, 0.1) is 12.1 Å². The molecule has 25 heavy (non-hydrogen) atoms. The lowest BCUT2D eigenvalue weighted by molar-refractivity contribution is -0.145. The van der Waals surface area contributed by atoms with Gasteiger partial charge in [-0.1, -0.05) is 29.8 Å². The van der Waals surface area contributed by atoms with Crippen LogP contribution in [0.2, 0.25) is 0 Å². The molecule has 1 aliphatic rings. The van der Waals surface area contributed by atoms with Crippen molar-refractivity contribution in [3.63, 3.8) is 0 Å². The highest BCUT2D eigenvalue weighted by molar-refractivity contribution is 5.78. The van der Waals surface area contributed by atoms with E-state index in [1.165, 1.54) is 5.56 Å². The second kappa shape index (κ2) is 7.51. The third-order valence-electron chi connectivity index (χ3n) is 4.57. The molecule has 0 unspecified atom stereocenters. The number of amides is 1. The summed E-state index contributed by atoms with van der Waals surface area (Å²) in [6.07, 6.45) is 3.74. The molecule has 0 aliphatic carbocycles. The van der Waals surface area contributed by atoms with Gasteiger partial charge < -0.3 is 14.4 Å². The highest BCUT2D eigenvalue weighted by Gasteiger charge is 2.28. The molecule has 2 aromatic rings. The molecule has 1 fully saturated rings. The summed E-state index contributed by atoms with van der Waals surface area (Å²) in [5.41, 5.74) is 2.13. The van der Waals surface area contributed by atoms with Gasteiger partial charge in [0.2, 0.25) is 5.91 Å². The van der Waals surface area contributed by atoms with E-state index in [-0.39, 0.29) is 12.3 Å². The number of aryl methyl sites for hydroxylation is 2. The van der Waals surface area contributed by atoms with E-state index in [2.05, 4.69) is 4.98 Å². The first-order valence-electron chi connectivity index (χ1n) is 8.55. The number of carbonyl (C=O) groups excluding carboxylic acids is 1. The molecule has 0 saturated carbocycles. The Labute approximate surface area is 146 Å². The summed E-state index contributed by atoms with van der Waals surface area (Å²) < 4.78 is 5.73. The summed E-state index contributed by atoms with van der Waals surface area (Å²) in [7, 11) is 0. The van der Waals surface area contributed by atoms with Crippen LogP contribution in [0.25, 0.3) is 11.3 Å². The van der Waals surface area contributed by atoms with E-state index in [9.17, 15) is 9.59 Å². The molecule has 0 radical (unpaired) electrons. The summed E-state index contributed by atoms with van der Waals surface area (Å²) in [5.74, 6) is -0.108. The predicted octanol–water partition coefficient (Wildman–Crippen LogP) is 2.91. The van der Waals surface area contributed by atoms with E-state index in [0.717, 1.165) is 12.0 Å². The van der Waals surface area contributed by atoms with Crippen LogP contribution in [-0.2, 0) is 16.0 Å². The second-order valence-electron chi connectivity index (χ2n) is 6.50. The summed E-state index contributed by atoms with van der Waals surface area (Å²) in [6.45, 7) is 2.95. The van der Waals surface area contributed by atoms with Crippen LogP contribution in [0.15, 0.2) is 34.9 Å². The van der Waals surface area contributed by atoms with Crippen molar-refractivity contribution in [3.05, 3.63) is 41.9 Å². The van der Waals surface area contributed by atoms with Gasteiger partial charge in [0.25, 0.3) is 0 Å². The fourth-order valence-corrected chi connectivity index (χ4v) is 3.05. The number of carboxylic acid groups (broad SMARTS) is 1. The third-order valence-corrected chi connectivity index (χ3v) is 4.57. The Kier molecular flexibility index (Phi) is 5.16. The SMILES string of the molecule is Cc1ccc(-c2cnc(CCC(=O)N3CCC[C@@H](C(=O)O)C3)o2)cc1. The maximum absolute atomic E-state index is 12.3. The molecule has 1 N–H and O–H groups in total. The van der Waals surface area contributed by atoms with Gasteiger partial charge in [-0.2, -0.15) is 0 Å². The van der Waals surface area contributed by atoms with Crippen molar-refractivity contribution in [1.29, 1.82) is 0 Å². The average molecular weight is 342 g/mol. The van der Waals surface area contributed by atoms with E-state index >= 15 is 0 Å². The topological polar surface area (TPSA) is 83.6 Å². The van der Waals surface area contributed by atoms with Gasteiger partial charge >= 0.3 is 5.97 Å². The minimum atomic E-state index is -0.826. The largest absolute Gasteiger partial charge is 0.481 e. The highest BCUT2D eigenvalue weighted by Crippen LogP contribution is 2.22. The van der Waals surface area contributed by atoms with Crippen molar-refractivity contribution in [2.45, 2.75) is 32.6 Å². The van der Waals surface area contributed by atoms with Gasteiger partial charge in [0.15, 0.2) is 11.7 Å². The molecule has 1 saturated heterocycles. The quantitative estimate of drug-likeness (QED) is 0.903. The Bertz CT molecular complexity index is 751. The van der Waals surface area contributed by atoms with Crippen LogP contribution < -0.4 is 0 Å². The molecule has 3 rings (SSSR count). The first-order valence-corrected chi connectivity index (χ1v) is 8.55. The van der Waals surface area contributed by atoms with Gasteiger partial charge in [-0.05, 0) is 19.8 Å². The molecule has 1 aliphatic heterocycles. The summed E-state index contributed by atoms with van der Waals surface area (Å²) in [4.78, 5) is 29.3. The number of hydrogen-bond donors (Lipinski definition) is 1. The molecule has 1 aromatic carbocycles. The molecule has 0 spiro atoms. The first-order chi connectivity index (χ1) is 12.0. The Balaban J connectivity index is 1.56. The zero-order valence-electron chi connectivity index (χ0n) is 14.3.